The van der Waals surface area contributed by atoms with Gasteiger partial charge in [-0.3, -0.25) is 0 Å². The minimum atomic E-state index is -5.66. The molecular weight excluding hydrogens is 235 g/mol. The second kappa shape index (κ2) is 5.32. The molecule has 0 amide bonds. The first-order valence-corrected chi connectivity index (χ1v) is 5.54. The number of hydrogen-bond donors (Lipinski definition) is 0. The van der Waals surface area contributed by atoms with Gasteiger partial charge in [0.05, 0.1) is 6.07 Å². The quantitative estimate of drug-likeness (QED) is 0.548. The van der Waals surface area contributed by atoms with E-state index < -0.39 is 21.7 Å². The van der Waals surface area contributed by atoms with Crippen molar-refractivity contribution in [1.29, 1.82) is 5.26 Å². The van der Waals surface area contributed by atoms with Crippen molar-refractivity contribution in [2.75, 3.05) is 0 Å². The van der Waals surface area contributed by atoms with Gasteiger partial charge in [0.1, 0.15) is 0 Å². The Balaban J connectivity index is 4.51. The van der Waals surface area contributed by atoms with E-state index in [0.717, 1.165) is 0 Å². The van der Waals surface area contributed by atoms with Crippen molar-refractivity contribution in [3.8, 4) is 6.07 Å². The molecule has 1 atom stereocenters. The van der Waals surface area contributed by atoms with Gasteiger partial charge < -0.3 is 0 Å². The van der Waals surface area contributed by atoms with Gasteiger partial charge in [0.2, 0.25) is 0 Å². The van der Waals surface area contributed by atoms with Crippen molar-refractivity contribution in [1.82, 2.24) is 0 Å². The molecule has 88 valence electrons. The standard InChI is InChI=1S/C7H10F3NO3S/c1-2-3-4-6(5-11)14-15(12,13)7(8,9)10/h6H,2-4H2,1H3. The lowest BCUT2D eigenvalue weighted by Gasteiger charge is -2.11. The molecule has 4 nitrogen and oxygen atoms in total. The fraction of sp³-hybridized carbons (Fsp3) is 0.857. The zero-order valence-electron chi connectivity index (χ0n) is 7.91. The average Bonchev–Trinajstić information content (AvgIpc) is 2.10. The molecule has 15 heavy (non-hydrogen) atoms. The smallest absolute Gasteiger partial charge is 0.244 e. The molecule has 0 spiro atoms. The second-order valence-electron chi connectivity index (χ2n) is 2.76. The highest BCUT2D eigenvalue weighted by molar-refractivity contribution is 7.87. The Bertz CT molecular complexity index is 330. The van der Waals surface area contributed by atoms with Gasteiger partial charge in [0.15, 0.2) is 6.10 Å². The van der Waals surface area contributed by atoms with Crippen LogP contribution in [0.1, 0.15) is 26.2 Å². The fourth-order valence-corrected chi connectivity index (χ4v) is 1.29. The zero-order valence-corrected chi connectivity index (χ0v) is 8.73. The number of alkyl halides is 3. The van der Waals surface area contributed by atoms with Crippen LogP contribution in [0.3, 0.4) is 0 Å². The minimum absolute atomic E-state index is 0.0394. The summed E-state index contributed by atoms with van der Waals surface area (Å²) < 4.78 is 60.2. The van der Waals surface area contributed by atoms with Crippen LogP contribution in [0.2, 0.25) is 0 Å². The van der Waals surface area contributed by atoms with Gasteiger partial charge in [-0.1, -0.05) is 19.8 Å². The summed E-state index contributed by atoms with van der Waals surface area (Å²) in [7, 11) is -5.66. The summed E-state index contributed by atoms with van der Waals surface area (Å²) in [4.78, 5) is 0. The molecule has 0 radical (unpaired) electrons. The lowest BCUT2D eigenvalue weighted by atomic mass is 10.2. The molecule has 0 aliphatic heterocycles. The maximum Gasteiger partial charge on any atom is 0.523 e. The van der Waals surface area contributed by atoms with Crippen molar-refractivity contribution in [3.63, 3.8) is 0 Å². The molecule has 0 aliphatic rings. The summed E-state index contributed by atoms with van der Waals surface area (Å²) in [6, 6.07) is 1.36. The predicted molar refractivity (Wildman–Crippen MR) is 45.0 cm³/mol. The zero-order chi connectivity index (χ0) is 12.1. The van der Waals surface area contributed by atoms with E-state index in [0.29, 0.717) is 12.8 Å². The summed E-state index contributed by atoms with van der Waals surface area (Å²) in [6.07, 6.45) is -0.557. The Morgan fingerprint density at radius 1 is 1.47 bits per heavy atom. The van der Waals surface area contributed by atoms with E-state index in [1.807, 2.05) is 0 Å². The van der Waals surface area contributed by atoms with Crippen LogP contribution >= 0.6 is 0 Å². The summed E-state index contributed by atoms with van der Waals surface area (Å²) >= 11 is 0. The third-order valence-electron chi connectivity index (χ3n) is 1.49. The second-order valence-corrected chi connectivity index (χ2v) is 4.32. The molecule has 1 unspecified atom stereocenters. The van der Waals surface area contributed by atoms with Gasteiger partial charge >= 0.3 is 15.6 Å². The molecule has 0 bridgehead atoms. The van der Waals surface area contributed by atoms with Gasteiger partial charge in [0.25, 0.3) is 0 Å². The monoisotopic (exact) mass is 245 g/mol. The molecule has 0 aromatic heterocycles. The summed E-state index contributed by atoms with van der Waals surface area (Å²) in [6.45, 7) is 1.76. The third kappa shape index (κ3) is 4.48. The van der Waals surface area contributed by atoms with Crippen molar-refractivity contribution in [2.45, 2.75) is 37.8 Å². The Morgan fingerprint density at radius 3 is 2.33 bits per heavy atom. The molecule has 0 rings (SSSR count). The number of nitriles is 1. The summed E-state index contributed by atoms with van der Waals surface area (Å²) in [5.74, 6) is 0. The van der Waals surface area contributed by atoms with E-state index in [9.17, 15) is 21.6 Å². The first kappa shape index (κ1) is 14.2. The first-order valence-electron chi connectivity index (χ1n) is 4.13. The van der Waals surface area contributed by atoms with Crippen LogP contribution in [0, 0.1) is 11.3 Å². The van der Waals surface area contributed by atoms with Crippen LogP contribution in [0.25, 0.3) is 0 Å². The Kier molecular flexibility index (Phi) is 5.03. The number of halogens is 3. The van der Waals surface area contributed by atoms with Gasteiger partial charge in [-0.2, -0.15) is 26.9 Å². The van der Waals surface area contributed by atoms with Crippen molar-refractivity contribution < 1.29 is 25.8 Å². The van der Waals surface area contributed by atoms with Gasteiger partial charge in [-0.05, 0) is 6.42 Å². The van der Waals surface area contributed by atoms with Crippen LogP contribution in [-0.2, 0) is 14.3 Å². The highest BCUT2D eigenvalue weighted by Crippen LogP contribution is 2.26. The molecule has 0 aromatic rings. The molecule has 0 aliphatic carbocycles. The van der Waals surface area contributed by atoms with Crippen LogP contribution < -0.4 is 0 Å². The fourth-order valence-electron chi connectivity index (χ4n) is 0.731. The van der Waals surface area contributed by atoms with Crippen LogP contribution in [0.4, 0.5) is 13.2 Å². The average molecular weight is 245 g/mol. The molecule has 0 aromatic carbocycles. The van der Waals surface area contributed by atoms with Gasteiger partial charge in [-0.15, -0.1) is 0 Å². The Hall–Kier alpha value is -0.810. The molecular formula is C7H10F3NO3S. The lowest BCUT2D eigenvalue weighted by molar-refractivity contribution is -0.0560. The highest BCUT2D eigenvalue weighted by atomic mass is 32.2. The largest absolute Gasteiger partial charge is 0.523 e. The Morgan fingerprint density at radius 2 is 2.00 bits per heavy atom. The maximum absolute atomic E-state index is 11.8. The minimum Gasteiger partial charge on any atom is -0.244 e. The van der Waals surface area contributed by atoms with E-state index in [4.69, 9.17) is 5.26 Å². The first-order chi connectivity index (χ1) is 6.74. The predicted octanol–water partition coefficient (Wildman–Crippen LogP) is 1.93. The Labute approximate surface area is 85.8 Å². The number of nitrogens with zero attached hydrogens (tertiary/aromatic N) is 1. The van der Waals surface area contributed by atoms with E-state index in [2.05, 4.69) is 4.18 Å². The van der Waals surface area contributed by atoms with Crippen LogP contribution in [0.5, 0.6) is 0 Å². The SMILES string of the molecule is CCCCC(C#N)OS(=O)(=O)C(F)(F)F. The molecule has 0 heterocycles. The van der Waals surface area contributed by atoms with Crippen LogP contribution in [-0.4, -0.2) is 20.0 Å². The molecule has 0 saturated heterocycles. The van der Waals surface area contributed by atoms with E-state index in [1.165, 1.54) is 6.07 Å². The van der Waals surface area contributed by atoms with Crippen molar-refractivity contribution in [3.05, 3.63) is 0 Å². The lowest BCUT2D eigenvalue weighted by Crippen LogP contribution is -2.29. The molecule has 0 N–H and O–H groups in total. The van der Waals surface area contributed by atoms with E-state index in [-0.39, 0.29) is 6.42 Å². The van der Waals surface area contributed by atoms with Crippen molar-refractivity contribution >= 4 is 10.1 Å². The van der Waals surface area contributed by atoms with Gasteiger partial charge in [0, 0.05) is 0 Å². The normalized spacial score (nSPS) is 14.6. The highest BCUT2D eigenvalue weighted by Gasteiger charge is 2.48. The maximum atomic E-state index is 11.8. The third-order valence-corrected chi connectivity index (χ3v) is 2.54. The number of rotatable bonds is 5. The molecule has 0 saturated carbocycles. The topological polar surface area (TPSA) is 67.2 Å². The molecule has 8 heteroatoms. The van der Waals surface area contributed by atoms with Crippen LogP contribution in [0.15, 0.2) is 0 Å². The van der Waals surface area contributed by atoms with E-state index >= 15 is 0 Å². The van der Waals surface area contributed by atoms with E-state index in [1.54, 1.807) is 6.92 Å². The van der Waals surface area contributed by atoms with Crippen molar-refractivity contribution in [2.24, 2.45) is 0 Å². The summed E-state index contributed by atoms with van der Waals surface area (Å²) in [5.41, 5.74) is -5.48. The van der Waals surface area contributed by atoms with Gasteiger partial charge in [-0.25, -0.2) is 4.18 Å². The number of hydrogen-bond acceptors (Lipinski definition) is 4. The summed E-state index contributed by atoms with van der Waals surface area (Å²) in [5, 5.41) is 8.37. The number of unbranched alkanes of at least 4 members (excludes halogenated alkanes) is 1. The molecule has 0 fully saturated rings.